The molecule has 0 saturated carbocycles. The highest BCUT2D eigenvalue weighted by Gasteiger charge is 2.26. The summed E-state index contributed by atoms with van der Waals surface area (Å²) in [6.07, 6.45) is 4.22. The summed E-state index contributed by atoms with van der Waals surface area (Å²) in [5, 5.41) is 6.38. The van der Waals surface area contributed by atoms with Crippen LogP contribution in [0.5, 0.6) is 0 Å². The van der Waals surface area contributed by atoms with Gasteiger partial charge in [-0.05, 0) is 81.0 Å². The molecule has 37 heavy (non-hydrogen) atoms. The van der Waals surface area contributed by atoms with Gasteiger partial charge in [0.2, 0.25) is 0 Å². The minimum absolute atomic E-state index is 0.382. The van der Waals surface area contributed by atoms with Crippen molar-refractivity contribution in [2.75, 3.05) is 6.61 Å². The molecule has 3 amide bonds. The molecule has 1 aromatic heterocycles. The Morgan fingerprint density at radius 2 is 1.81 bits per heavy atom. The Balaban J connectivity index is 1.64. The molecule has 0 spiro atoms. The summed E-state index contributed by atoms with van der Waals surface area (Å²) in [4.78, 5) is 42.4. The second kappa shape index (κ2) is 10.9. The summed E-state index contributed by atoms with van der Waals surface area (Å²) in [5.41, 5.74) is 3.84. The number of carbonyl (C=O) groups is 3. The normalized spacial score (nSPS) is 14.2. The number of hydrogen-bond donors (Lipinski definition) is 2. The van der Waals surface area contributed by atoms with Crippen molar-refractivity contribution in [2.24, 2.45) is 0 Å². The number of aromatic nitrogens is 1. The van der Waals surface area contributed by atoms with Crippen LogP contribution in [0.2, 0.25) is 10.0 Å². The monoisotopic (exact) mass is 539 g/mol. The van der Waals surface area contributed by atoms with Gasteiger partial charge in [-0.2, -0.15) is 0 Å². The fraction of sp³-hybridized carbons (Fsp3) is 0.286. The maximum absolute atomic E-state index is 13.3. The van der Waals surface area contributed by atoms with E-state index in [9.17, 15) is 14.4 Å². The highest BCUT2D eigenvalue weighted by molar-refractivity contribution is 6.42. The van der Waals surface area contributed by atoms with E-state index in [4.69, 9.17) is 32.9 Å². The Hall–Kier alpha value is -3.42. The number of ether oxygens (including phenoxy) is 1. The van der Waals surface area contributed by atoms with Gasteiger partial charge in [0.15, 0.2) is 6.61 Å². The first kappa shape index (κ1) is 26.6. The van der Waals surface area contributed by atoms with E-state index in [1.807, 2.05) is 36.4 Å². The third-order valence-corrected chi connectivity index (χ3v) is 6.47. The Labute approximate surface area is 225 Å². The van der Waals surface area contributed by atoms with Crippen LogP contribution in [0, 0.1) is 0 Å². The lowest BCUT2D eigenvalue weighted by atomic mass is 9.86. The smallest absolute Gasteiger partial charge is 0.339 e. The molecule has 0 fully saturated rings. The molecule has 3 aromatic rings. The summed E-state index contributed by atoms with van der Waals surface area (Å²) in [7, 11) is 0. The molecule has 0 unspecified atom stereocenters. The Kier molecular flexibility index (Phi) is 7.85. The number of allylic oxidation sites excluding steroid dienone is 1. The summed E-state index contributed by atoms with van der Waals surface area (Å²) in [6, 6.07) is 12.1. The molecule has 0 atom stereocenters. The molecule has 2 aromatic carbocycles. The van der Waals surface area contributed by atoms with E-state index in [1.54, 1.807) is 32.9 Å². The van der Waals surface area contributed by atoms with Gasteiger partial charge >= 0.3 is 12.0 Å². The molecule has 1 aliphatic rings. The van der Waals surface area contributed by atoms with Crippen molar-refractivity contribution in [1.82, 2.24) is 15.6 Å². The zero-order valence-corrected chi connectivity index (χ0v) is 22.3. The van der Waals surface area contributed by atoms with Crippen molar-refractivity contribution < 1.29 is 19.1 Å². The molecule has 1 aliphatic carbocycles. The Bertz CT molecular complexity index is 1430. The summed E-state index contributed by atoms with van der Waals surface area (Å²) >= 11 is 12.3. The molecule has 4 rings (SSSR count). The Morgan fingerprint density at radius 1 is 1.05 bits per heavy atom. The van der Waals surface area contributed by atoms with Crippen LogP contribution in [0.25, 0.3) is 22.6 Å². The van der Waals surface area contributed by atoms with Crippen LogP contribution < -0.4 is 10.6 Å². The summed E-state index contributed by atoms with van der Waals surface area (Å²) in [5.74, 6) is -1.36. The number of imide groups is 1. The number of para-hydroxylation sites is 1. The number of esters is 1. The van der Waals surface area contributed by atoms with Crippen LogP contribution in [0.1, 0.15) is 60.8 Å². The van der Waals surface area contributed by atoms with Gasteiger partial charge in [-0.15, -0.1) is 0 Å². The zero-order chi connectivity index (χ0) is 26.7. The lowest BCUT2D eigenvalue weighted by Crippen LogP contribution is -2.49. The number of nitrogens with one attached hydrogen (secondary N) is 2. The van der Waals surface area contributed by atoms with Gasteiger partial charge in [-0.25, -0.2) is 14.6 Å². The van der Waals surface area contributed by atoms with E-state index in [1.165, 1.54) is 0 Å². The quantitative estimate of drug-likeness (QED) is 0.384. The van der Waals surface area contributed by atoms with Crippen LogP contribution >= 0.6 is 23.2 Å². The molecule has 192 valence electrons. The van der Waals surface area contributed by atoms with Gasteiger partial charge in [0.25, 0.3) is 5.91 Å². The molecule has 0 radical (unpaired) electrons. The first-order valence-corrected chi connectivity index (χ1v) is 12.6. The fourth-order valence-electron chi connectivity index (χ4n) is 4.25. The maximum Gasteiger partial charge on any atom is 0.339 e. The van der Waals surface area contributed by atoms with Crippen molar-refractivity contribution in [3.8, 4) is 0 Å². The van der Waals surface area contributed by atoms with Crippen molar-refractivity contribution >= 4 is 63.7 Å². The van der Waals surface area contributed by atoms with Gasteiger partial charge in [0.1, 0.15) is 0 Å². The van der Waals surface area contributed by atoms with Crippen LogP contribution in [0.4, 0.5) is 4.79 Å². The lowest BCUT2D eigenvalue weighted by molar-refractivity contribution is -0.123. The average Bonchev–Trinajstić information content (AvgIpc) is 2.82. The van der Waals surface area contributed by atoms with E-state index in [0.717, 1.165) is 35.2 Å². The number of carbonyl (C=O) groups excluding carboxylic acids is 3. The van der Waals surface area contributed by atoms with E-state index in [-0.39, 0.29) is 0 Å². The van der Waals surface area contributed by atoms with Crippen molar-refractivity contribution in [3.05, 3.63) is 74.9 Å². The fourth-order valence-corrected chi connectivity index (χ4v) is 4.56. The molecule has 9 heteroatoms. The van der Waals surface area contributed by atoms with Crippen LogP contribution in [-0.4, -0.2) is 35.0 Å². The number of hydrogen-bond acceptors (Lipinski definition) is 5. The predicted molar refractivity (Wildman–Crippen MR) is 146 cm³/mol. The second-order valence-electron chi connectivity index (χ2n) is 9.86. The van der Waals surface area contributed by atoms with Crippen molar-refractivity contribution in [1.29, 1.82) is 0 Å². The molecule has 0 bridgehead atoms. The number of halogens is 2. The van der Waals surface area contributed by atoms with Gasteiger partial charge in [-0.1, -0.05) is 47.5 Å². The van der Waals surface area contributed by atoms with E-state index < -0.39 is 30.1 Å². The van der Waals surface area contributed by atoms with Gasteiger partial charge in [0, 0.05) is 10.9 Å². The first-order chi connectivity index (χ1) is 17.5. The minimum atomic E-state index is -0.720. The number of pyridine rings is 1. The average molecular weight is 540 g/mol. The third-order valence-electron chi connectivity index (χ3n) is 5.73. The highest BCUT2D eigenvalue weighted by atomic mass is 35.5. The molecular weight excluding hydrogens is 513 g/mol. The zero-order valence-electron chi connectivity index (χ0n) is 20.8. The van der Waals surface area contributed by atoms with Gasteiger partial charge in [0.05, 0.1) is 26.8 Å². The van der Waals surface area contributed by atoms with E-state index in [2.05, 4.69) is 10.6 Å². The standard InChI is InChI=1S/C28H27Cl2N3O4/c1-28(2,3)33-27(36)32-23(34)15-37-26(35)24-18-8-4-5-10-22(18)31-25-17(7-6-9-19(24)25)13-16-11-12-20(29)21(30)14-16/h4-5,8,10-14H,6-7,9,15H2,1-3H3,(H2,32,33,34,36)/b17-13-. The Morgan fingerprint density at radius 3 is 2.54 bits per heavy atom. The molecule has 2 N–H and O–H groups in total. The number of amides is 3. The topological polar surface area (TPSA) is 97.4 Å². The SMILES string of the molecule is CC(C)(C)NC(=O)NC(=O)COC(=O)c1c2c(nc3ccccc13)/C(=C\c1ccc(Cl)c(Cl)c1)CCC2. The number of fused-ring (bicyclic) bond motifs is 2. The number of urea groups is 1. The second-order valence-corrected chi connectivity index (χ2v) is 10.7. The molecule has 0 aliphatic heterocycles. The van der Waals surface area contributed by atoms with Crippen LogP contribution in [0.3, 0.4) is 0 Å². The predicted octanol–water partition coefficient (Wildman–Crippen LogP) is 6.20. The minimum Gasteiger partial charge on any atom is -0.452 e. The molecule has 0 saturated heterocycles. The van der Waals surface area contributed by atoms with Crippen LogP contribution in [-0.2, 0) is 16.0 Å². The van der Waals surface area contributed by atoms with Gasteiger partial charge in [-0.3, -0.25) is 10.1 Å². The summed E-state index contributed by atoms with van der Waals surface area (Å²) in [6.45, 7) is 4.78. The largest absolute Gasteiger partial charge is 0.452 e. The van der Waals surface area contributed by atoms with Crippen molar-refractivity contribution in [3.63, 3.8) is 0 Å². The van der Waals surface area contributed by atoms with Crippen molar-refractivity contribution in [2.45, 2.75) is 45.6 Å². The lowest BCUT2D eigenvalue weighted by Gasteiger charge is -2.22. The number of nitrogens with zero attached hydrogens (tertiary/aromatic N) is 1. The summed E-state index contributed by atoms with van der Waals surface area (Å²) < 4.78 is 5.37. The highest BCUT2D eigenvalue weighted by Crippen LogP contribution is 2.37. The number of rotatable bonds is 4. The maximum atomic E-state index is 13.3. The first-order valence-electron chi connectivity index (χ1n) is 11.9. The van der Waals surface area contributed by atoms with Crippen LogP contribution in [0.15, 0.2) is 42.5 Å². The van der Waals surface area contributed by atoms with Gasteiger partial charge < -0.3 is 10.1 Å². The third kappa shape index (κ3) is 6.48. The van der Waals surface area contributed by atoms with E-state index in [0.29, 0.717) is 32.9 Å². The van der Waals surface area contributed by atoms with E-state index >= 15 is 0 Å². The molecule has 7 nitrogen and oxygen atoms in total. The molecule has 1 heterocycles. The number of benzene rings is 2. The molecular formula is C28H27Cl2N3O4.